The summed E-state index contributed by atoms with van der Waals surface area (Å²) in [5.74, 6) is -0.395. The molecule has 0 amide bonds. The number of rotatable bonds is 5. The van der Waals surface area contributed by atoms with E-state index in [-0.39, 0.29) is 0 Å². The molecule has 2 saturated heterocycles. The van der Waals surface area contributed by atoms with Crippen LogP contribution in [-0.4, -0.2) is 56.1 Å². The monoisotopic (exact) mass is 514 g/mol. The van der Waals surface area contributed by atoms with Crippen molar-refractivity contribution in [3.05, 3.63) is 94.5 Å². The van der Waals surface area contributed by atoms with Crippen molar-refractivity contribution in [3.8, 4) is 0 Å². The van der Waals surface area contributed by atoms with Crippen LogP contribution in [0.25, 0.3) is 0 Å². The van der Waals surface area contributed by atoms with Gasteiger partial charge in [0.15, 0.2) is 0 Å². The van der Waals surface area contributed by atoms with Crippen LogP contribution in [-0.2, 0) is 4.57 Å². The van der Waals surface area contributed by atoms with Gasteiger partial charge in [-0.25, -0.2) is 0 Å². The molecule has 2 aliphatic rings. The second-order valence-electron chi connectivity index (χ2n) is 8.89. The fourth-order valence-electron chi connectivity index (χ4n) is 5.03. The highest BCUT2D eigenvalue weighted by Crippen LogP contribution is 2.70. The van der Waals surface area contributed by atoms with Crippen LogP contribution in [0, 0.1) is 0 Å². The lowest BCUT2D eigenvalue weighted by Crippen LogP contribution is -2.47. The number of hydrogen-bond acceptors (Lipinski definition) is 3. The smallest absolute Gasteiger partial charge is 0.284 e. The predicted molar refractivity (Wildman–Crippen MR) is 143 cm³/mol. The first-order valence-corrected chi connectivity index (χ1v) is 14.1. The molecule has 0 aliphatic carbocycles. The average Bonchev–Trinajstić information content (AvgIpc) is 3.20. The zero-order chi connectivity index (χ0) is 23.7. The quantitative estimate of drug-likeness (QED) is 0.364. The maximum Gasteiger partial charge on any atom is 0.284 e. The highest BCUT2D eigenvalue weighted by molar-refractivity contribution is 7.67. The third kappa shape index (κ3) is 4.36. The van der Waals surface area contributed by atoms with Crippen molar-refractivity contribution in [2.75, 3.05) is 55.7 Å². The van der Waals surface area contributed by atoms with Crippen LogP contribution in [0.3, 0.4) is 0 Å². The number of anilines is 2. The molecule has 1 unspecified atom stereocenters. The van der Waals surface area contributed by atoms with E-state index in [0.717, 1.165) is 43.1 Å². The van der Waals surface area contributed by atoms with Gasteiger partial charge in [0.25, 0.3) is 7.44 Å². The first-order valence-electron chi connectivity index (χ1n) is 11.6. The second kappa shape index (κ2) is 9.93. The lowest BCUT2D eigenvalue weighted by atomic mass is 10.2. The molecular formula is C26H29Cl2N4OP. The largest absolute Gasteiger partial charge is 0.304 e. The van der Waals surface area contributed by atoms with Crippen molar-refractivity contribution in [1.29, 1.82) is 0 Å². The summed E-state index contributed by atoms with van der Waals surface area (Å²) in [6.45, 7) is 4.80. The highest BCUT2D eigenvalue weighted by Gasteiger charge is 2.52. The first-order chi connectivity index (χ1) is 16.5. The zero-order valence-corrected chi connectivity index (χ0v) is 21.6. The molecule has 5 nitrogen and oxygen atoms in total. The third-order valence-electron chi connectivity index (χ3n) is 6.77. The predicted octanol–water partition coefficient (Wildman–Crippen LogP) is 6.46. The van der Waals surface area contributed by atoms with Gasteiger partial charge in [0.2, 0.25) is 0 Å². The summed E-state index contributed by atoms with van der Waals surface area (Å²) in [6, 6.07) is 25.8. The Morgan fingerprint density at radius 2 is 1.26 bits per heavy atom. The molecule has 3 aromatic rings. The molecule has 34 heavy (non-hydrogen) atoms. The average molecular weight is 515 g/mol. The molecule has 178 valence electrons. The van der Waals surface area contributed by atoms with Gasteiger partial charge in [-0.1, -0.05) is 65.7 Å². The Morgan fingerprint density at radius 3 is 1.76 bits per heavy atom. The molecule has 3 aromatic carbocycles. The number of piperazine rings is 1. The minimum atomic E-state index is -3.25. The van der Waals surface area contributed by atoms with E-state index in [9.17, 15) is 0 Å². The number of hydrogen-bond donors (Lipinski definition) is 0. The number of para-hydroxylation sites is 2. The first kappa shape index (κ1) is 23.7. The summed E-state index contributed by atoms with van der Waals surface area (Å²) in [5, 5.41) is 1.13. The van der Waals surface area contributed by atoms with E-state index in [1.54, 1.807) is 6.07 Å². The van der Waals surface area contributed by atoms with Crippen LogP contribution in [0.2, 0.25) is 10.0 Å². The van der Waals surface area contributed by atoms with Crippen LogP contribution in [0.15, 0.2) is 78.9 Å². The van der Waals surface area contributed by atoms with Crippen LogP contribution in [0.1, 0.15) is 11.3 Å². The fourth-order valence-corrected chi connectivity index (χ4v) is 9.33. The Hall–Kier alpha value is -2.01. The summed E-state index contributed by atoms with van der Waals surface area (Å²) in [5.41, 5.74) is 2.80. The molecule has 0 bridgehead atoms. The SMILES string of the molecule is CN1CCN(C(c2ccc(Cl)cc2Cl)P2(=O)N(c3ccccc3)CCN2c2ccccc2)CC1. The van der Waals surface area contributed by atoms with Crippen molar-refractivity contribution in [3.63, 3.8) is 0 Å². The molecule has 8 heteroatoms. The van der Waals surface area contributed by atoms with E-state index < -0.39 is 13.2 Å². The number of halogens is 2. The van der Waals surface area contributed by atoms with Crippen molar-refractivity contribution in [2.24, 2.45) is 0 Å². The Bertz CT molecular complexity index is 1120. The van der Waals surface area contributed by atoms with E-state index in [1.165, 1.54) is 0 Å². The van der Waals surface area contributed by atoms with E-state index in [1.807, 2.05) is 72.8 Å². The summed E-state index contributed by atoms with van der Waals surface area (Å²) < 4.78 is 19.9. The van der Waals surface area contributed by atoms with Crippen molar-refractivity contribution >= 4 is 42.0 Å². The Balaban J connectivity index is 1.70. The molecule has 2 heterocycles. The van der Waals surface area contributed by atoms with Gasteiger partial charge in [0.05, 0.1) is 0 Å². The van der Waals surface area contributed by atoms with Gasteiger partial charge in [-0.05, 0) is 49.0 Å². The van der Waals surface area contributed by atoms with Gasteiger partial charge in [0, 0.05) is 60.7 Å². The maximum absolute atomic E-state index is 15.7. The van der Waals surface area contributed by atoms with Gasteiger partial charge in [-0.2, -0.15) is 0 Å². The molecule has 2 fully saturated rings. The standard InChI is InChI=1S/C26H29Cl2N4OP/c1-29-14-16-30(17-15-29)26(24-13-12-21(27)20-25(24)28)34(33)31(22-8-4-2-5-9-22)18-19-32(34)23-10-6-3-7-11-23/h2-13,20,26H,14-19H2,1H3. The zero-order valence-electron chi connectivity index (χ0n) is 19.2. The third-order valence-corrected chi connectivity index (χ3v) is 10.8. The lowest BCUT2D eigenvalue weighted by Gasteiger charge is -2.45. The van der Waals surface area contributed by atoms with Gasteiger partial charge < -0.3 is 14.2 Å². The summed E-state index contributed by atoms with van der Waals surface area (Å²) in [7, 11) is -1.12. The minimum Gasteiger partial charge on any atom is -0.304 e. The second-order valence-corrected chi connectivity index (χ2v) is 12.4. The van der Waals surface area contributed by atoms with Crippen molar-refractivity contribution in [1.82, 2.24) is 9.80 Å². The minimum absolute atomic E-state index is 0.395. The van der Waals surface area contributed by atoms with Crippen LogP contribution < -0.4 is 9.34 Å². The fraction of sp³-hybridized carbons (Fsp3) is 0.308. The van der Waals surface area contributed by atoms with Gasteiger partial charge in [0.1, 0.15) is 5.78 Å². The van der Waals surface area contributed by atoms with Crippen LogP contribution >= 0.6 is 30.6 Å². The number of likely N-dealkylation sites (N-methyl/N-ethyl adjacent to an activating group) is 1. The molecule has 0 radical (unpaired) electrons. The Morgan fingerprint density at radius 1 is 0.735 bits per heavy atom. The maximum atomic E-state index is 15.7. The van der Waals surface area contributed by atoms with E-state index >= 15 is 4.57 Å². The van der Waals surface area contributed by atoms with E-state index in [2.05, 4.69) is 26.2 Å². The molecule has 2 aliphatic heterocycles. The molecule has 5 rings (SSSR count). The summed E-state index contributed by atoms with van der Waals surface area (Å²) >= 11 is 13.1. The van der Waals surface area contributed by atoms with Crippen LogP contribution in [0.4, 0.5) is 11.4 Å². The highest BCUT2D eigenvalue weighted by atomic mass is 35.5. The molecule has 1 atom stereocenters. The lowest BCUT2D eigenvalue weighted by molar-refractivity contribution is 0.139. The van der Waals surface area contributed by atoms with Gasteiger partial charge in [-0.3, -0.25) is 9.46 Å². The van der Waals surface area contributed by atoms with Gasteiger partial charge >= 0.3 is 0 Å². The Labute approximate surface area is 212 Å². The van der Waals surface area contributed by atoms with E-state index in [4.69, 9.17) is 23.2 Å². The van der Waals surface area contributed by atoms with Gasteiger partial charge in [-0.15, -0.1) is 0 Å². The topological polar surface area (TPSA) is 30.0 Å². The number of nitrogens with zero attached hydrogens (tertiary/aromatic N) is 4. The van der Waals surface area contributed by atoms with Crippen molar-refractivity contribution < 1.29 is 4.57 Å². The van der Waals surface area contributed by atoms with Crippen molar-refractivity contribution in [2.45, 2.75) is 5.78 Å². The molecular weight excluding hydrogens is 486 g/mol. The summed E-state index contributed by atoms with van der Waals surface area (Å²) in [4.78, 5) is 4.67. The normalized spacial score (nSPS) is 20.0. The Kier molecular flexibility index (Phi) is 6.92. The molecule has 0 aromatic heterocycles. The van der Waals surface area contributed by atoms with E-state index in [0.29, 0.717) is 23.1 Å². The molecule has 0 N–H and O–H groups in total. The number of benzene rings is 3. The molecule has 0 spiro atoms. The molecule has 0 saturated carbocycles. The van der Waals surface area contributed by atoms with Crippen LogP contribution in [0.5, 0.6) is 0 Å². The summed E-state index contributed by atoms with van der Waals surface area (Å²) in [6.07, 6.45) is 0.